The Labute approximate surface area is 468 Å². The van der Waals surface area contributed by atoms with E-state index in [0.717, 1.165) is 0 Å². The maximum Gasteiger partial charge on any atom is 0.348 e. The zero-order valence-corrected chi connectivity index (χ0v) is 47.1. The van der Waals surface area contributed by atoms with Crippen molar-refractivity contribution in [2.24, 2.45) is 0 Å². The van der Waals surface area contributed by atoms with Crippen LogP contribution in [0, 0.1) is 0 Å². The van der Waals surface area contributed by atoms with Gasteiger partial charge in [-0.25, -0.2) is 57.5 Å². The van der Waals surface area contributed by atoms with E-state index in [1.807, 2.05) is 0 Å². The third-order valence-corrected chi connectivity index (χ3v) is 7.38. The summed E-state index contributed by atoms with van der Waals surface area (Å²) in [6.45, 7) is 33.7. The van der Waals surface area contributed by atoms with Crippen LogP contribution in [-0.4, -0.2) is 192 Å². The van der Waals surface area contributed by atoms with Crippen LogP contribution in [-0.2, 0) is 84.9 Å². The molecule has 84 heavy (non-hydrogen) atoms. The Hall–Kier alpha value is -8.58. The van der Waals surface area contributed by atoms with Crippen molar-refractivity contribution in [2.75, 3.05) is 0 Å². The summed E-state index contributed by atoms with van der Waals surface area (Å²) in [7, 11) is -23.3. The van der Waals surface area contributed by atoms with Crippen LogP contribution in [0.4, 0.5) is 0 Å². The van der Waals surface area contributed by atoms with Crippen LogP contribution in [0.3, 0.4) is 0 Å². The Morgan fingerprint density at radius 3 is 0.226 bits per heavy atom. The van der Waals surface area contributed by atoms with Crippen molar-refractivity contribution in [2.45, 2.75) is 0 Å². The van der Waals surface area contributed by atoms with E-state index in [1.165, 1.54) is 0 Å². The summed E-state index contributed by atoms with van der Waals surface area (Å²) in [6, 6.07) is 0. The minimum Gasteiger partial charge on any atom is -0.477 e. The molecule has 0 spiro atoms. The highest BCUT2D eigenvalue weighted by atomic mass is 31.2. The second kappa shape index (κ2) is 52.5. The van der Waals surface area contributed by atoms with Gasteiger partial charge in [0.25, 0.3) is 0 Å². The lowest BCUT2D eigenvalue weighted by Crippen LogP contribution is -2.08. The monoisotopic (exact) mass is 1340 g/mol. The molecule has 0 radical (unpaired) electrons. The maximum atomic E-state index is 9.66. The van der Waals surface area contributed by atoms with Gasteiger partial charge in [-0.2, -0.15) is 0 Å². The zero-order chi connectivity index (χ0) is 71.6. The van der Waals surface area contributed by atoms with Gasteiger partial charge >= 0.3 is 117 Å². The van der Waals surface area contributed by atoms with Crippen molar-refractivity contribution in [3.63, 3.8) is 0 Å². The lowest BCUT2D eigenvalue weighted by atomic mass is 10.3. The second-order valence-corrected chi connectivity index (χ2v) is 20.4. The molecule has 0 bridgehead atoms. The lowest BCUT2D eigenvalue weighted by molar-refractivity contribution is -0.142. The van der Waals surface area contributed by atoms with Crippen LogP contribution in [0.25, 0.3) is 0 Å². The van der Waals surface area contributed by atoms with Crippen LogP contribution in [0.2, 0.25) is 0 Å². The normalized spacial score (nSPS) is 9.29. The molecular weight excluding hydrogens is 1290 g/mol. The molecule has 48 heteroatoms. The standard InChI is InChI=1S/6C4H4O4.6C2H5O3P/c6*1-2(3(5)6)4(7)8;6*1-2-6(3,4)5/h6*1H2,(H,5,6)(H,7,8);6*2H,1H2,(H2,3,4,5). The van der Waals surface area contributed by atoms with Gasteiger partial charge in [0.15, 0.2) is 0 Å². The van der Waals surface area contributed by atoms with E-state index >= 15 is 0 Å². The molecule has 0 aromatic carbocycles. The molecule has 480 valence electrons. The number of carboxylic acid groups (broad SMARTS) is 12. The highest BCUT2D eigenvalue weighted by molar-refractivity contribution is 7.56. The minimum atomic E-state index is -3.88. The number of hydrogen-bond donors (Lipinski definition) is 24. The van der Waals surface area contributed by atoms with Gasteiger partial charge in [-0.1, -0.05) is 78.9 Å². The molecule has 0 aliphatic heterocycles. The summed E-state index contributed by atoms with van der Waals surface area (Å²) < 4.78 is 57.5. The first kappa shape index (κ1) is 104. The molecule has 0 saturated heterocycles. The van der Waals surface area contributed by atoms with Crippen LogP contribution in [0.15, 0.2) is 147 Å². The minimum absolute atomic E-state index is 0.604. The van der Waals surface area contributed by atoms with Crippen LogP contribution in [0.5, 0.6) is 0 Å². The Morgan fingerprint density at radius 2 is 0.226 bits per heavy atom. The third-order valence-electron chi connectivity index (χ3n) is 4.52. The first-order valence-corrected chi connectivity index (χ1v) is 27.8. The van der Waals surface area contributed by atoms with E-state index in [-0.39, 0.29) is 0 Å². The molecule has 0 fully saturated rings. The fraction of sp³-hybridized carbons (Fsp3) is 0. The number of rotatable bonds is 18. The fourth-order valence-electron chi connectivity index (χ4n) is 0.549. The van der Waals surface area contributed by atoms with Crippen LogP contribution < -0.4 is 0 Å². The van der Waals surface area contributed by atoms with Gasteiger partial charge in [0.05, 0.1) is 0 Å². The fourth-order valence-corrected chi connectivity index (χ4v) is 0.549. The smallest absolute Gasteiger partial charge is 0.348 e. The Bertz CT molecular complexity index is 2180. The first-order chi connectivity index (χ1) is 36.7. The van der Waals surface area contributed by atoms with Gasteiger partial charge in [0.2, 0.25) is 0 Å². The molecule has 0 aromatic rings. The van der Waals surface area contributed by atoms with Gasteiger partial charge in [0.1, 0.15) is 33.4 Å². The largest absolute Gasteiger partial charge is 0.477 e. The van der Waals surface area contributed by atoms with Crippen molar-refractivity contribution in [3.05, 3.63) is 147 Å². The van der Waals surface area contributed by atoms with E-state index in [1.54, 1.807) is 0 Å². The first-order valence-electron chi connectivity index (χ1n) is 17.7. The molecule has 0 aliphatic rings. The van der Waals surface area contributed by atoms with E-state index in [9.17, 15) is 84.9 Å². The summed E-state index contributed by atoms with van der Waals surface area (Å²) in [4.78, 5) is 210. The highest BCUT2D eigenvalue weighted by Gasteiger charge is 2.14. The molecule has 0 saturated carbocycles. The highest BCUT2D eigenvalue weighted by Crippen LogP contribution is 2.36. The van der Waals surface area contributed by atoms with Crippen LogP contribution >= 0.6 is 45.6 Å². The van der Waals surface area contributed by atoms with Crippen molar-refractivity contribution >= 4 is 117 Å². The molecule has 0 amide bonds. The van der Waals surface area contributed by atoms with E-state index in [2.05, 4.69) is 78.9 Å². The molecule has 24 N–H and O–H groups in total. The second-order valence-electron chi connectivity index (χ2n) is 11.2. The topological polar surface area (TPSA) is 793 Å². The molecule has 0 heterocycles. The molecular formula is C36H54O42P6. The van der Waals surface area contributed by atoms with Gasteiger partial charge in [0, 0.05) is 34.9 Å². The number of carboxylic acids is 12. The predicted molar refractivity (Wildman–Crippen MR) is 280 cm³/mol. The van der Waals surface area contributed by atoms with Crippen LogP contribution in [0.1, 0.15) is 0 Å². The number of aliphatic carboxylic acids is 12. The molecule has 42 nitrogen and oxygen atoms in total. The quantitative estimate of drug-likeness (QED) is 0.0375. The zero-order valence-electron chi connectivity index (χ0n) is 41.7. The summed E-state index contributed by atoms with van der Waals surface area (Å²) in [5, 5.41) is 94.5. The van der Waals surface area contributed by atoms with Gasteiger partial charge < -0.3 is 120 Å². The Morgan fingerprint density at radius 1 is 0.190 bits per heavy atom. The molecule has 0 unspecified atom stereocenters. The summed E-state index contributed by atoms with van der Waals surface area (Å²) in [5.74, 6) is -14.4. The predicted octanol–water partition coefficient (Wildman–Crippen LogP) is 0.116. The lowest BCUT2D eigenvalue weighted by Gasteiger charge is -1.87. The average molecular weight is 1340 g/mol. The van der Waals surface area contributed by atoms with Crippen molar-refractivity contribution in [1.29, 1.82) is 0 Å². The van der Waals surface area contributed by atoms with Gasteiger partial charge in [-0.15, -0.1) is 0 Å². The summed E-state index contributed by atoms with van der Waals surface area (Å²) >= 11 is 0. The molecule has 0 rings (SSSR count). The van der Waals surface area contributed by atoms with Gasteiger partial charge in [-0.05, 0) is 0 Å². The molecule has 0 aromatic heterocycles. The molecule has 0 atom stereocenters. The third kappa shape index (κ3) is 117. The van der Waals surface area contributed by atoms with Gasteiger partial charge in [-0.3, -0.25) is 27.4 Å². The van der Waals surface area contributed by atoms with Crippen molar-refractivity contribution < 1.29 is 205 Å². The average Bonchev–Trinajstić information content (AvgIpc) is 3.32. The SMILES string of the molecule is C=C(C(=O)O)C(=O)O.C=C(C(=O)O)C(=O)O.C=C(C(=O)O)C(=O)O.C=C(C(=O)O)C(=O)O.C=C(C(=O)O)C(=O)O.C=C(C(=O)O)C(=O)O.C=CP(=O)(O)O.C=CP(=O)(O)O.C=CP(=O)(O)O.C=CP(=O)(O)O.C=CP(=O)(O)O.C=CP(=O)(O)O. The number of hydrogen-bond acceptors (Lipinski definition) is 18. The maximum absolute atomic E-state index is 9.66. The van der Waals surface area contributed by atoms with E-state index in [0.29, 0.717) is 34.9 Å². The Balaban J connectivity index is -0.0000000675. The van der Waals surface area contributed by atoms with Crippen molar-refractivity contribution in [1.82, 2.24) is 0 Å². The summed E-state index contributed by atoms with van der Waals surface area (Å²) in [5.41, 5.74) is -4.89. The van der Waals surface area contributed by atoms with Crippen molar-refractivity contribution in [3.8, 4) is 0 Å². The van der Waals surface area contributed by atoms with E-state index < -0.39 is 151 Å². The molecule has 0 aliphatic carbocycles. The Kier molecular flexibility index (Phi) is 64.9. The van der Waals surface area contributed by atoms with E-state index in [4.69, 9.17) is 120 Å². The number of carbonyl (C=O) groups is 12. The summed E-state index contributed by atoms with van der Waals surface area (Å²) in [6.07, 6.45) is 0.